The Kier molecular flexibility index (Phi) is 5.76. The Labute approximate surface area is 112 Å². The molecule has 19 heavy (non-hydrogen) atoms. The molecule has 1 rings (SSSR count). The second-order valence-electron chi connectivity index (χ2n) is 4.28. The first kappa shape index (κ1) is 14.9. The zero-order valence-corrected chi connectivity index (χ0v) is 10.9. The van der Waals surface area contributed by atoms with E-state index in [1.807, 2.05) is 18.0 Å². The summed E-state index contributed by atoms with van der Waals surface area (Å²) in [5, 5.41) is 28.4. The lowest BCUT2D eigenvalue weighted by Gasteiger charge is -2.19. The van der Waals surface area contributed by atoms with Crippen LogP contribution < -0.4 is 4.90 Å². The Hall–Kier alpha value is -2.13. The second kappa shape index (κ2) is 7.34. The molecule has 0 radical (unpaired) electrons. The van der Waals surface area contributed by atoms with Gasteiger partial charge in [-0.15, -0.1) is 0 Å². The molecule has 0 bridgehead atoms. The number of benzene rings is 1. The van der Waals surface area contributed by atoms with Gasteiger partial charge in [0, 0.05) is 32.0 Å². The van der Waals surface area contributed by atoms with E-state index in [2.05, 4.69) is 0 Å². The molecule has 0 aliphatic rings. The third-order valence-electron chi connectivity index (χ3n) is 2.89. The Morgan fingerprint density at radius 3 is 2.74 bits per heavy atom. The van der Waals surface area contributed by atoms with Crippen molar-refractivity contribution < 1.29 is 10.0 Å². The SMILES string of the molecule is CN(CCCCCO)c1ccc(C#N)c([N+](=O)[O-])c1. The topological polar surface area (TPSA) is 90.4 Å². The number of unbranched alkanes of at least 4 members (excludes halogenated alkanes) is 2. The molecule has 6 heteroatoms. The van der Waals surface area contributed by atoms with E-state index in [1.54, 1.807) is 6.07 Å². The zero-order chi connectivity index (χ0) is 14.3. The van der Waals surface area contributed by atoms with Gasteiger partial charge in [0.05, 0.1) is 4.92 Å². The molecule has 0 aliphatic heterocycles. The van der Waals surface area contributed by atoms with E-state index >= 15 is 0 Å². The van der Waals surface area contributed by atoms with E-state index in [0.717, 1.165) is 31.5 Å². The van der Waals surface area contributed by atoms with Gasteiger partial charge in [-0.3, -0.25) is 10.1 Å². The van der Waals surface area contributed by atoms with E-state index in [-0.39, 0.29) is 17.9 Å². The van der Waals surface area contributed by atoms with Crippen molar-refractivity contribution in [1.82, 2.24) is 0 Å². The van der Waals surface area contributed by atoms with Gasteiger partial charge in [-0.05, 0) is 31.4 Å². The lowest BCUT2D eigenvalue weighted by Crippen LogP contribution is -2.18. The maximum atomic E-state index is 10.9. The van der Waals surface area contributed by atoms with Crippen LogP contribution in [-0.2, 0) is 0 Å². The molecule has 0 unspecified atom stereocenters. The minimum absolute atomic E-state index is 0.0717. The van der Waals surface area contributed by atoms with Gasteiger partial charge in [-0.2, -0.15) is 5.26 Å². The van der Waals surface area contributed by atoms with Gasteiger partial charge in [0.25, 0.3) is 5.69 Å². The summed E-state index contributed by atoms with van der Waals surface area (Å²) in [5.41, 5.74) is 0.624. The molecular weight excluding hydrogens is 246 g/mol. The zero-order valence-electron chi connectivity index (χ0n) is 10.9. The minimum atomic E-state index is -0.540. The normalized spacial score (nSPS) is 9.95. The highest BCUT2D eigenvalue weighted by molar-refractivity contribution is 5.59. The van der Waals surface area contributed by atoms with Crippen molar-refractivity contribution in [3.8, 4) is 6.07 Å². The minimum Gasteiger partial charge on any atom is -0.396 e. The molecule has 0 atom stereocenters. The molecule has 0 saturated heterocycles. The summed E-state index contributed by atoms with van der Waals surface area (Å²) in [6.07, 6.45) is 2.59. The van der Waals surface area contributed by atoms with Crippen molar-refractivity contribution in [3.63, 3.8) is 0 Å². The van der Waals surface area contributed by atoms with Crippen molar-refractivity contribution >= 4 is 11.4 Å². The van der Waals surface area contributed by atoms with Crippen LogP contribution in [0.2, 0.25) is 0 Å². The van der Waals surface area contributed by atoms with Gasteiger partial charge < -0.3 is 10.0 Å². The van der Waals surface area contributed by atoms with Gasteiger partial charge in [0.15, 0.2) is 0 Å². The molecule has 1 aromatic carbocycles. The molecular formula is C13H17N3O3. The van der Waals surface area contributed by atoms with Gasteiger partial charge in [-0.25, -0.2) is 0 Å². The van der Waals surface area contributed by atoms with Crippen molar-refractivity contribution in [2.75, 3.05) is 25.1 Å². The Balaban J connectivity index is 2.76. The van der Waals surface area contributed by atoms with Gasteiger partial charge in [-0.1, -0.05) is 0 Å². The standard InChI is InChI=1S/C13H17N3O3/c1-15(7-3-2-4-8-17)12-6-5-11(10-14)13(9-12)16(18)19/h5-6,9,17H,2-4,7-8H2,1H3. The smallest absolute Gasteiger partial charge is 0.289 e. The summed E-state index contributed by atoms with van der Waals surface area (Å²) >= 11 is 0. The quantitative estimate of drug-likeness (QED) is 0.462. The first-order valence-corrected chi connectivity index (χ1v) is 6.10. The number of aliphatic hydroxyl groups is 1. The second-order valence-corrected chi connectivity index (χ2v) is 4.28. The largest absolute Gasteiger partial charge is 0.396 e. The van der Waals surface area contributed by atoms with Crippen LogP contribution in [0.1, 0.15) is 24.8 Å². The Morgan fingerprint density at radius 1 is 1.42 bits per heavy atom. The molecule has 0 spiro atoms. The summed E-state index contributed by atoms with van der Waals surface area (Å²) in [7, 11) is 1.85. The van der Waals surface area contributed by atoms with Crippen LogP contribution in [0.25, 0.3) is 0 Å². The molecule has 6 nitrogen and oxygen atoms in total. The van der Waals surface area contributed by atoms with Crippen LogP contribution in [0.4, 0.5) is 11.4 Å². The molecule has 1 aromatic rings. The summed E-state index contributed by atoms with van der Waals surface area (Å²) in [4.78, 5) is 12.2. The highest BCUT2D eigenvalue weighted by Crippen LogP contribution is 2.24. The molecule has 0 saturated carbocycles. The maximum absolute atomic E-state index is 10.9. The molecule has 102 valence electrons. The number of nitro benzene ring substituents is 1. The number of aliphatic hydroxyl groups excluding tert-OH is 1. The Bertz CT molecular complexity index is 483. The average molecular weight is 263 g/mol. The van der Waals surface area contributed by atoms with E-state index in [4.69, 9.17) is 10.4 Å². The molecule has 0 aromatic heterocycles. The summed E-state index contributed by atoms with van der Waals surface area (Å²) in [6.45, 7) is 0.940. The van der Waals surface area contributed by atoms with E-state index in [9.17, 15) is 10.1 Å². The van der Waals surface area contributed by atoms with Crippen molar-refractivity contribution in [2.45, 2.75) is 19.3 Å². The number of nitriles is 1. The number of hydrogen-bond donors (Lipinski definition) is 1. The third kappa shape index (κ3) is 4.23. The van der Waals surface area contributed by atoms with Gasteiger partial charge in [0.2, 0.25) is 0 Å². The number of hydrogen-bond acceptors (Lipinski definition) is 5. The molecule has 1 N–H and O–H groups in total. The van der Waals surface area contributed by atoms with Crippen LogP contribution in [-0.4, -0.2) is 30.2 Å². The fourth-order valence-electron chi connectivity index (χ4n) is 1.77. The molecule has 0 fully saturated rings. The van der Waals surface area contributed by atoms with Crippen LogP contribution in [0.3, 0.4) is 0 Å². The predicted octanol–water partition coefficient (Wildman–Crippen LogP) is 2.07. The highest BCUT2D eigenvalue weighted by Gasteiger charge is 2.15. The Morgan fingerprint density at radius 2 is 2.16 bits per heavy atom. The van der Waals surface area contributed by atoms with Crippen LogP contribution in [0, 0.1) is 21.4 Å². The van der Waals surface area contributed by atoms with Crippen LogP contribution >= 0.6 is 0 Å². The number of rotatable bonds is 7. The predicted molar refractivity (Wildman–Crippen MR) is 72.0 cm³/mol. The summed E-state index contributed by atoms with van der Waals surface area (Å²) in [5.74, 6) is 0. The monoisotopic (exact) mass is 263 g/mol. The molecule has 0 amide bonds. The first-order chi connectivity index (χ1) is 9.10. The maximum Gasteiger partial charge on any atom is 0.289 e. The van der Waals surface area contributed by atoms with Crippen molar-refractivity contribution in [3.05, 3.63) is 33.9 Å². The lowest BCUT2D eigenvalue weighted by atomic mass is 10.1. The third-order valence-corrected chi connectivity index (χ3v) is 2.89. The summed E-state index contributed by atoms with van der Waals surface area (Å²) in [6, 6.07) is 6.41. The first-order valence-electron chi connectivity index (χ1n) is 6.10. The van der Waals surface area contributed by atoms with Crippen molar-refractivity contribution in [2.24, 2.45) is 0 Å². The molecule has 0 heterocycles. The fourth-order valence-corrected chi connectivity index (χ4v) is 1.77. The van der Waals surface area contributed by atoms with E-state index in [1.165, 1.54) is 12.1 Å². The summed E-state index contributed by atoms with van der Waals surface area (Å²) < 4.78 is 0. The van der Waals surface area contributed by atoms with Crippen LogP contribution in [0.15, 0.2) is 18.2 Å². The lowest BCUT2D eigenvalue weighted by molar-refractivity contribution is -0.385. The number of anilines is 1. The highest BCUT2D eigenvalue weighted by atomic mass is 16.6. The average Bonchev–Trinajstić information content (AvgIpc) is 2.42. The van der Waals surface area contributed by atoms with Crippen LogP contribution in [0.5, 0.6) is 0 Å². The number of nitrogens with zero attached hydrogens (tertiary/aromatic N) is 3. The van der Waals surface area contributed by atoms with Gasteiger partial charge >= 0.3 is 0 Å². The number of nitro groups is 1. The molecule has 0 aliphatic carbocycles. The van der Waals surface area contributed by atoms with Crippen molar-refractivity contribution in [1.29, 1.82) is 5.26 Å². The van der Waals surface area contributed by atoms with E-state index < -0.39 is 4.92 Å². The fraction of sp³-hybridized carbons (Fsp3) is 0.462. The van der Waals surface area contributed by atoms with E-state index in [0.29, 0.717) is 0 Å². The van der Waals surface area contributed by atoms with Gasteiger partial charge in [0.1, 0.15) is 11.6 Å².